The first-order valence-corrected chi connectivity index (χ1v) is 11.5. The van der Waals surface area contributed by atoms with Crippen LogP contribution in [0.4, 0.5) is 0 Å². The van der Waals surface area contributed by atoms with Gasteiger partial charge in [0.15, 0.2) is 23.0 Å². The molecule has 1 aliphatic heterocycles. The SMILES string of the molecule is O=C(NN=Cc1ccc(OCc2ccccc2)c(OCc2ccccc2)c1)c1ccc2c(c1)OCO2. The van der Waals surface area contributed by atoms with Crippen molar-refractivity contribution in [3.8, 4) is 23.0 Å². The maximum Gasteiger partial charge on any atom is 0.271 e. The molecule has 4 aromatic carbocycles. The van der Waals surface area contributed by atoms with Crippen molar-refractivity contribution in [2.45, 2.75) is 13.2 Å². The van der Waals surface area contributed by atoms with E-state index >= 15 is 0 Å². The first-order chi connectivity index (χ1) is 17.7. The minimum absolute atomic E-state index is 0.151. The van der Waals surface area contributed by atoms with Crippen LogP contribution >= 0.6 is 0 Å². The Hall–Kier alpha value is -4.78. The van der Waals surface area contributed by atoms with E-state index in [2.05, 4.69) is 10.5 Å². The van der Waals surface area contributed by atoms with Crippen LogP contribution < -0.4 is 24.4 Å². The monoisotopic (exact) mass is 480 g/mol. The van der Waals surface area contributed by atoms with Gasteiger partial charge in [-0.1, -0.05) is 60.7 Å². The van der Waals surface area contributed by atoms with Crippen LogP contribution in [0, 0.1) is 0 Å². The van der Waals surface area contributed by atoms with Gasteiger partial charge in [0.2, 0.25) is 6.79 Å². The Morgan fingerprint density at radius 2 is 1.44 bits per heavy atom. The molecular weight excluding hydrogens is 456 g/mol. The number of ether oxygens (including phenoxy) is 4. The number of carbonyl (C=O) groups excluding carboxylic acids is 1. The van der Waals surface area contributed by atoms with Gasteiger partial charge in [0, 0.05) is 5.56 Å². The van der Waals surface area contributed by atoms with E-state index in [4.69, 9.17) is 18.9 Å². The van der Waals surface area contributed by atoms with E-state index < -0.39 is 0 Å². The van der Waals surface area contributed by atoms with Gasteiger partial charge in [-0.3, -0.25) is 4.79 Å². The number of fused-ring (bicyclic) bond motifs is 1. The predicted molar refractivity (Wildman–Crippen MR) is 136 cm³/mol. The topological polar surface area (TPSA) is 78.4 Å². The Labute approximate surface area is 208 Å². The minimum atomic E-state index is -0.354. The Kier molecular flexibility index (Phi) is 7.09. The summed E-state index contributed by atoms with van der Waals surface area (Å²) in [6, 6.07) is 30.4. The first kappa shape index (κ1) is 23.0. The predicted octanol–water partition coefficient (Wildman–Crippen LogP) is 5.34. The van der Waals surface area contributed by atoms with Crippen molar-refractivity contribution in [3.05, 3.63) is 119 Å². The lowest BCUT2D eigenvalue weighted by Crippen LogP contribution is -2.17. The van der Waals surface area contributed by atoms with Crippen LogP contribution in [0.2, 0.25) is 0 Å². The van der Waals surface area contributed by atoms with Crippen LogP contribution in [0.15, 0.2) is 102 Å². The molecule has 0 aliphatic carbocycles. The molecule has 0 radical (unpaired) electrons. The van der Waals surface area contributed by atoms with Crippen molar-refractivity contribution in [1.82, 2.24) is 5.43 Å². The number of nitrogens with zero attached hydrogens (tertiary/aromatic N) is 1. The molecule has 0 unspecified atom stereocenters. The van der Waals surface area contributed by atoms with Crippen LogP contribution in [0.25, 0.3) is 0 Å². The second-order valence-electron chi connectivity index (χ2n) is 8.02. The molecule has 0 fully saturated rings. The standard InChI is InChI=1S/C29H24N2O5/c32-29(24-12-14-26-28(16-24)36-20-35-26)31-30-17-23-11-13-25(33-18-21-7-3-1-4-8-21)27(15-23)34-19-22-9-5-2-6-10-22/h1-17H,18-20H2,(H,31,32). The van der Waals surface area contributed by atoms with Gasteiger partial charge < -0.3 is 18.9 Å². The zero-order chi connectivity index (χ0) is 24.6. The molecule has 1 N–H and O–H groups in total. The summed E-state index contributed by atoms with van der Waals surface area (Å²) in [7, 11) is 0. The Morgan fingerprint density at radius 1 is 0.778 bits per heavy atom. The average Bonchev–Trinajstić information content (AvgIpc) is 3.40. The summed E-state index contributed by atoms with van der Waals surface area (Å²) >= 11 is 0. The van der Waals surface area contributed by atoms with Crippen LogP contribution in [-0.2, 0) is 13.2 Å². The zero-order valence-corrected chi connectivity index (χ0v) is 19.4. The van der Waals surface area contributed by atoms with Crippen molar-refractivity contribution in [2.24, 2.45) is 5.10 Å². The molecule has 1 aliphatic rings. The zero-order valence-electron chi connectivity index (χ0n) is 19.4. The van der Waals surface area contributed by atoms with Crippen LogP contribution in [0.3, 0.4) is 0 Å². The van der Waals surface area contributed by atoms with E-state index in [1.807, 2.05) is 78.9 Å². The number of hydrazone groups is 1. The molecule has 180 valence electrons. The molecule has 0 aromatic heterocycles. The fourth-order valence-corrected chi connectivity index (χ4v) is 3.58. The summed E-state index contributed by atoms with van der Waals surface area (Å²) in [5.41, 5.74) is 5.81. The largest absolute Gasteiger partial charge is 0.485 e. The lowest BCUT2D eigenvalue weighted by Gasteiger charge is -2.14. The van der Waals surface area contributed by atoms with Crippen molar-refractivity contribution < 1.29 is 23.7 Å². The summed E-state index contributed by atoms with van der Waals surface area (Å²) in [6.45, 7) is 0.962. The fourth-order valence-electron chi connectivity index (χ4n) is 3.58. The van der Waals surface area contributed by atoms with Crippen molar-refractivity contribution in [2.75, 3.05) is 6.79 Å². The third kappa shape index (κ3) is 5.82. The molecule has 5 rings (SSSR count). The van der Waals surface area contributed by atoms with Gasteiger partial charge in [-0.05, 0) is 53.1 Å². The number of amides is 1. The molecule has 0 bridgehead atoms. The summed E-state index contributed by atoms with van der Waals surface area (Å²) in [6.07, 6.45) is 1.56. The van der Waals surface area contributed by atoms with Gasteiger partial charge >= 0.3 is 0 Å². The van der Waals surface area contributed by atoms with E-state index in [1.165, 1.54) is 0 Å². The van der Waals surface area contributed by atoms with Gasteiger partial charge in [-0.25, -0.2) is 5.43 Å². The molecule has 0 spiro atoms. The highest BCUT2D eigenvalue weighted by molar-refractivity contribution is 5.95. The number of benzene rings is 4. The number of hydrogen-bond donors (Lipinski definition) is 1. The van der Waals surface area contributed by atoms with Crippen molar-refractivity contribution >= 4 is 12.1 Å². The smallest absolute Gasteiger partial charge is 0.271 e. The molecule has 4 aromatic rings. The first-order valence-electron chi connectivity index (χ1n) is 11.5. The molecule has 1 amide bonds. The second-order valence-corrected chi connectivity index (χ2v) is 8.02. The van der Waals surface area contributed by atoms with E-state index in [-0.39, 0.29) is 12.7 Å². The number of carbonyl (C=O) groups is 1. The maximum atomic E-state index is 12.5. The lowest BCUT2D eigenvalue weighted by atomic mass is 10.2. The average molecular weight is 481 g/mol. The summed E-state index contributed by atoms with van der Waals surface area (Å²) in [5, 5.41) is 4.10. The van der Waals surface area contributed by atoms with E-state index in [0.29, 0.717) is 41.8 Å². The minimum Gasteiger partial charge on any atom is -0.485 e. The number of rotatable bonds is 9. The Bertz CT molecular complexity index is 1360. The highest BCUT2D eigenvalue weighted by Crippen LogP contribution is 2.32. The fraction of sp³-hybridized carbons (Fsp3) is 0.103. The molecule has 0 saturated heterocycles. The van der Waals surface area contributed by atoms with E-state index in [9.17, 15) is 4.79 Å². The summed E-state index contributed by atoms with van der Waals surface area (Å²) in [5.74, 6) is 2.01. The number of hydrogen-bond acceptors (Lipinski definition) is 6. The molecule has 0 saturated carbocycles. The van der Waals surface area contributed by atoms with Gasteiger partial charge in [0.25, 0.3) is 5.91 Å². The molecule has 1 heterocycles. The van der Waals surface area contributed by atoms with E-state index in [1.54, 1.807) is 24.4 Å². The van der Waals surface area contributed by atoms with Gasteiger partial charge in [-0.15, -0.1) is 0 Å². The molecule has 0 atom stereocenters. The van der Waals surface area contributed by atoms with Crippen LogP contribution in [0.1, 0.15) is 27.0 Å². The Morgan fingerprint density at radius 3 is 2.17 bits per heavy atom. The second kappa shape index (κ2) is 11.1. The van der Waals surface area contributed by atoms with Crippen LogP contribution in [0.5, 0.6) is 23.0 Å². The Balaban J connectivity index is 1.28. The van der Waals surface area contributed by atoms with Gasteiger partial charge in [0.1, 0.15) is 13.2 Å². The lowest BCUT2D eigenvalue weighted by molar-refractivity contribution is 0.0954. The van der Waals surface area contributed by atoms with E-state index in [0.717, 1.165) is 16.7 Å². The third-order valence-electron chi connectivity index (χ3n) is 5.46. The molecule has 36 heavy (non-hydrogen) atoms. The highest BCUT2D eigenvalue weighted by atomic mass is 16.7. The number of nitrogens with one attached hydrogen (secondary N) is 1. The molecule has 7 nitrogen and oxygen atoms in total. The summed E-state index contributed by atoms with van der Waals surface area (Å²) in [4.78, 5) is 12.5. The summed E-state index contributed by atoms with van der Waals surface area (Å²) < 4.78 is 22.7. The quantitative estimate of drug-likeness (QED) is 0.259. The van der Waals surface area contributed by atoms with Crippen LogP contribution in [-0.4, -0.2) is 18.9 Å². The van der Waals surface area contributed by atoms with Gasteiger partial charge in [0.05, 0.1) is 6.21 Å². The molecular formula is C29H24N2O5. The third-order valence-corrected chi connectivity index (χ3v) is 5.46. The van der Waals surface area contributed by atoms with Crippen molar-refractivity contribution in [3.63, 3.8) is 0 Å². The van der Waals surface area contributed by atoms with Crippen molar-refractivity contribution in [1.29, 1.82) is 0 Å². The maximum absolute atomic E-state index is 12.5. The molecule has 7 heteroatoms. The highest BCUT2D eigenvalue weighted by Gasteiger charge is 2.16. The van der Waals surface area contributed by atoms with Gasteiger partial charge in [-0.2, -0.15) is 5.10 Å². The normalized spacial score (nSPS) is 11.9.